The summed E-state index contributed by atoms with van der Waals surface area (Å²) >= 11 is 0. The predicted molar refractivity (Wildman–Crippen MR) is 130 cm³/mol. The van der Waals surface area contributed by atoms with Crippen molar-refractivity contribution in [3.05, 3.63) is 102 Å². The van der Waals surface area contributed by atoms with E-state index in [1.165, 1.54) is 0 Å². The van der Waals surface area contributed by atoms with E-state index in [4.69, 9.17) is 19.2 Å². The highest BCUT2D eigenvalue weighted by molar-refractivity contribution is 5.64. The zero-order valence-corrected chi connectivity index (χ0v) is 19.4. The Morgan fingerprint density at radius 1 is 0.882 bits per heavy atom. The molecule has 4 rings (SSSR count). The maximum Gasteiger partial charge on any atom is 0.161 e. The van der Waals surface area contributed by atoms with E-state index in [2.05, 4.69) is 11.1 Å². The van der Waals surface area contributed by atoms with E-state index in [0.29, 0.717) is 35.1 Å². The van der Waals surface area contributed by atoms with Crippen LogP contribution in [0.25, 0.3) is 11.3 Å². The topological polar surface area (TPSA) is 77.3 Å². The fraction of sp³-hybridized carbons (Fsp3) is 0.179. The first kappa shape index (κ1) is 22.8. The van der Waals surface area contributed by atoms with Gasteiger partial charge in [-0.1, -0.05) is 36.4 Å². The molecule has 0 N–H and O–H groups in total. The Morgan fingerprint density at radius 3 is 2.38 bits per heavy atom. The fourth-order valence-electron chi connectivity index (χ4n) is 3.68. The van der Waals surface area contributed by atoms with Gasteiger partial charge in [0.25, 0.3) is 0 Å². The normalized spacial score (nSPS) is 11.4. The van der Waals surface area contributed by atoms with Gasteiger partial charge in [0.05, 0.1) is 25.5 Å². The van der Waals surface area contributed by atoms with Crippen molar-refractivity contribution in [1.82, 2.24) is 9.97 Å². The Balaban J connectivity index is 1.56. The van der Waals surface area contributed by atoms with E-state index >= 15 is 0 Å². The first-order valence-corrected chi connectivity index (χ1v) is 10.9. The number of nitrogens with zero attached hydrogens (tertiary/aromatic N) is 3. The number of hydrogen-bond acceptors (Lipinski definition) is 6. The van der Waals surface area contributed by atoms with Crippen molar-refractivity contribution in [3.8, 4) is 34.6 Å². The smallest absolute Gasteiger partial charge is 0.161 e. The van der Waals surface area contributed by atoms with Crippen molar-refractivity contribution in [2.75, 3.05) is 14.2 Å². The molecule has 0 amide bonds. The van der Waals surface area contributed by atoms with Gasteiger partial charge in [0.1, 0.15) is 23.7 Å². The lowest BCUT2D eigenvalue weighted by atomic mass is 10.1. The van der Waals surface area contributed by atoms with Gasteiger partial charge in [0, 0.05) is 18.2 Å². The first-order valence-electron chi connectivity index (χ1n) is 10.9. The number of rotatable bonds is 8. The maximum absolute atomic E-state index is 9.73. The van der Waals surface area contributed by atoms with Crippen LogP contribution in [0.4, 0.5) is 0 Å². The van der Waals surface area contributed by atoms with E-state index in [-0.39, 0.29) is 6.10 Å². The van der Waals surface area contributed by atoms with Crippen LogP contribution in [-0.2, 0) is 6.42 Å². The van der Waals surface area contributed by atoms with Crippen LogP contribution in [0, 0.1) is 11.3 Å². The highest BCUT2D eigenvalue weighted by atomic mass is 16.5. The number of nitriles is 1. The molecule has 0 fully saturated rings. The van der Waals surface area contributed by atoms with Crippen LogP contribution in [0.15, 0.2) is 79.0 Å². The summed E-state index contributed by atoms with van der Waals surface area (Å²) in [5.41, 5.74) is 4.08. The molecule has 170 valence electrons. The number of methoxy groups -OCH3 is 2. The quantitative estimate of drug-likeness (QED) is 0.339. The summed E-state index contributed by atoms with van der Waals surface area (Å²) in [6, 6.07) is 25.3. The lowest BCUT2D eigenvalue weighted by Gasteiger charge is -2.16. The monoisotopic (exact) mass is 451 g/mol. The van der Waals surface area contributed by atoms with Crippen LogP contribution < -0.4 is 14.2 Å². The Kier molecular flexibility index (Phi) is 7.04. The molecule has 0 bridgehead atoms. The second kappa shape index (κ2) is 10.5. The predicted octanol–water partition coefficient (Wildman–Crippen LogP) is 5.76. The fourth-order valence-corrected chi connectivity index (χ4v) is 3.68. The van der Waals surface area contributed by atoms with Crippen LogP contribution in [0.1, 0.15) is 35.5 Å². The summed E-state index contributed by atoms with van der Waals surface area (Å²) in [6.07, 6.45) is 2.09. The summed E-state index contributed by atoms with van der Waals surface area (Å²) in [5, 5.41) is 9.73. The maximum atomic E-state index is 9.73. The molecule has 6 nitrogen and oxygen atoms in total. The third-order valence-electron chi connectivity index (χ3n) is 5.48. The first-order chi connectivity index (χ1) is 16.6. The summed E-state index contributed by atoms with van der Waals surface area (Å²) in [4.78, 5) is 9.14. The molecular weight excluding hydrogens is 426 g/mol. The molecule has 1 heterocycles. The van der Waals surface area contributed by atoms with Gasteiger partial charge in [0.2, 0.25) is 0 Å². The zero-order valence-electron chi connectivity index (χ0n) is 19.4. The number of ether oxygens (including phenoxy) is 3. The molecular formula is C28H25N3O3. The summed E-state index contributed by atoms with van der Waals surface area (Å²) < 4.78 is 16.8. The third kappa shape index (κ3) is 5.16. The summed E-state index contributed by atoms with van der Waals surface area (Å²) in [6.45, 7) is 1.97. The second-order valence-corrected chi connectivity index (χ2v) is 7.72. The largest absolute Gasteiger partial charge is 0.493 e. The van der Waals surface area contributed by atoms with Gasteiger partial charge in [0.15, 0.2) is 11.5 Å². The van der Waals surface area contributed by atoms with Gasteiger partial charge in [-0.25, -0.2) is 9.97 Å². The molecule has 1 atom stereocenters. The van der Waals surface area contributed by atoms with Gasteiger partial charge in [-0.15, -0.1) is 0 Å². The Labute approximate surface area is 199 Å². The van der Waals surface area contributed by atoms with Gasteiger partial charge in [-0.05, 0) is 54.4 Å². The standard InChI is InChI=1S/C28H25N3O3/c1-19(21-7-5-4-6-8-21)34-25-12-10-22(17-23(25)18-29)24-13-14-30-28(31-24)16-20-9-11-26(32-2)27(15-20)33-3/h4-15,17,19H,16H2,1-3H3. The average molecular weight is 452 g/mol. The van der Waals surface area contributed by atoms with Gasteiger partial charge in [-0.2, -0.15) is 5.26 Å². The van der Waals surface area contributed by atoms with Crippen LogP contribution in [0.2, 0.25) is 0 Å². The highest BCUT2D eigenvalue weighted by Crippen LogP contribution is 2.30. The average Bonchev–Trinajstić information content (AvgIpc) is 2.89. The van der Waals surface area contributed by atoms with Crippen molar-refractivity contribution in [2.24, 2.45) is 0 Å². The third-order valence-corrected chi connectivity index (χ3v) is 5.48. The van der Waals surface area contributed by atoms with Crippen LogP contribution in [0.3, 0.4) is 0 Å². The Morgan fingerprint density at radius 2 is 1.65 bits per heavy atom. The second-order valence-electron chi connectivity index (χ2n) is 7.72. The molecule has 1 aromatic heterocycles. The molecule has 0 saturated carbocycles. The number of hydrogen-bond donors (Lipinski definition) is 0. The van der Waals surface area contributed by atoms with Crippen molar-refractivity contribution in [1.29, 1.82) is 5.26 Å². The zero-order chi connectivity index (χ0) is 23.9. The van der Waals surface area contributed by atoms with Gasteiger partial charge < -0.3 is 14.2 Å². The molecule has 0 spiro atoms. The Bertz CT molecular complexity index is 1320. The van der Waals surface area contributed by atoms with E-state index in [1.807, 2.05) is 73.7 Å². The minimum absolute atomic E-state index is 0.175. The van der Waals surface area contributed by atoms with Crippen LogP contribution >= 0.6 is 0 Å². The molecule has 0 aliphatic rings. The highest BCUT2D eigenvalue weighted by Gasteiger charge is 2.13. The molecule has 0 saturated heterocycles. The minimum Gasteiger partial charge on any atom is -0.493 e. The van der Waals surface area contributed by atoms with E-state index in [0.717, 1.165) is 22.4 Å². The SMILES string of the molecule is COc1ccc(Cc2nccc(-c3ccc(OC(C)c4ccccc4)c(C#N)c3)n2)cc1OC. The Hall–Kier alpha value is -4.37. The van der Waals surface area contributed by atoms with Gasteiger partial charge in [-0.3, -0.25) is 0 Å². The lowest BCUT2D eigenvalue weighted by molar-refractivity contribution is 0.226. The summed E-state index contributed by atoms with van der Waals surface area (Å²) in [5.74, 6) is 2.55. The molecule has 0 radical (unpaired) electrons. The minimum atomic E-state index is -0.175. The van der Waals surface area contributed by atoms with Crippen LogP contribution in [-0.4, -0.2) is 24.2 Å². The molecule has 4 aromatic rings. The van der Waals surface area contributed by atoms with Crippen molar-refractivity contribution in [2.45, 2.75) is 19.4 Å². The van der Waals surface area contributed by atoms with Crippen molar-refractivity contribution < 1.29 is 14.2 Å². The molecule has 0 aliphatic carbocycles. The lowest BCUT2D eigenvalue weighted by Crippen LogP contribution is -2.04. The molecule has 34 heavy (non-hydrogen) atoms. The molecule has 0 aliphatic heterocycles. The van der Waals surface area contributed by atoms with Crippen molar-refractivity contribution in [3.63, 3.8) is 0 Å². The van der Waals surface area contributed by atoms with Gasteiger partial charge >= 0.3 is 0 Å². The number of aromatic nitrogens is 2. The molecule has 1 unspecified atom stereocenters. The van der Waals surface area contributed by atoms with E-state index in [1.54, 1.807) is 26.5 Å². The van der Waals surface area contributed by atoms with E-state index < -0.39 is 0 Å². The number of benzene rings is 3. The van der Waals surface area contributed by atoms with E-state index in [9.17, 15) is 5.26 Å². The molecule has 6 heteroatoms. The summed E-state index contributed by atoms with van der Waals surface area (Å²) in [7, 11) is 3.22. The van der Waals surface area contributed by atoms with Crippen molar-refractivity contribution >= 4 is 0 Å². The molecule has 3 aromatic carbocycles. The van der Waals surface area contributed by atoms with Crippen LogP contribution in [0.5, 0.6) is 17.2 Å².